The smallest absolute Gasteiger partial charge is 0.420 e. The van der Waals surface area contributed by atoms with Crippen molar-refractivity contribution >= 4 is 19.9 Å². The summed E-state index contributed by atoms with van der Waals surface area (Å²) in [5.41, 5.74) is -2.56. The van der Waals surface area contributed by atoms with E-state index in [9.17, 15) is 28.1 Å². The Morgan fingerprint density at radius 3 is 2.19 bits per heavy atom. The number of piperidine rings is 1. The molecule has 0 atom stereocenters. The number of carbonyl (C=O) groups excluding carboxylic acids is 1. The third-order valence-corrected chi connectivity index (χ3v) is 6.24. The molecule has 0 aliphatic carbocycles. The Bertz CT molecular complexity index is 855. The van der Waals surface area contributed by atoms with Gasteiger partial charge in [0.1, 0.15) is 23.0 Å². The molecule has 0 aromatic heterocycles. The highest BCUT2D eigenvalue weighted by atomic mass is 28.3. The van der Waals surface area contributed by atoms with Crippen molar-refractivity contribution in [3.05, 3.63) is 33.4 Å². The third-order valence-electron chi connectivity index (χ3n) is 4.82. The molecule has 1 heterocycles. The SMILES string of the molecule is CC(C)(C)OC(=O)N1CCC(Oc2ccc([N+](=O)[O-])c(C[Si](C)(C)C)c2C(F)(F)F)CC1. The zero-order chi connectivity index (χ0) is 24.5. The predicted octanol–water partition coefficient (Wildman–Crippen LogP) is 5.81. The monoisotopic (exact) mass is 476 g/mol. The molecule has 1 amide bonds. The Balaban J connectivity index is 2.28. The lowest BCUT2D eigenvalue weighted by Gasteiger charge is -2.34. The highest BCUT2D eigenvalue weighted by molar-refractivity contribution is 6.75. The van der Waals surface area contributed by atoms with Gasteiger partial charge in [0.05, 0.1) is 4.92 Å². The zero-order valence-corrected chi connectivity index (χ0v) is 20.3. The van der Waals surface area contributed by atoms with E-state index in [0.717, 1.165) is 12.1 Å². The van der Waals surface area contributed by atoms with Gasteiger partial charge < -0.3 is 14.4 Å². The van der Waals surface area contributed by atoms with Crippen LogP contribution in [0.15, 0.2) is 12.1 Å². The van der Waals surface area contributed by atoms with E-state index < -0.39 is 54.0 Å². The summed E-state index contributed by atoms with van der Waals surface area (Å²) >= 11 is 0. The second-order valence-electron chi connectivity index (χ2n) is 10.2. The van der Waals surface area contributed by atoms with E-state index in [1.807, 2.05) is 19.6 Å². The molecule has 180 valence electrons. The molecule has 2 rings (SSSR count). The molecule has 1 aromatic rings. The highest BCUT2D eigenvalue weighted by Gasteiger charge is 2.42. The van der Waals surface area contributed by atoms with Crippen LogP contribution >= 0.6 is 0 Å². The molecular weight excluding hydrogens is 445 g/mol. The van der Waals surface area contributed by atoms with Crippen molar-refractivity contribution in [3.8, 4) is 5.75 Å². The van der Waals surface area contributed by atoms with Gasteiger partial charge in [0.15, 0.2) is 0 Å². The highest BCUT2D eigenvalue weighted by Crippen LogP contribution is 2.44. The van der Waals surface area contributed by atoms with Crippen LogP contribution in [-0.2, 0) is 17.0 Å². The number of halogens is 3. The van der Waals surface area contributed by atoms with Crippen LogP contribution in [0.25, 0.3) is 0 Å². The summed E-state index contributed by atoms with van der Waals surface area (Å²) in [5, 5.41) is 11.5. The van der Waals surface area contributed by atoms with Crippen LogP contribution in [0.5, 0.6) is 5.75 Å². The molecule has 1 saturated heterocycles. The second kappa shape index (κ2) is 9.28. The van der Waals surface area contributed by atoms with Crippen LogP contribution in [0.1, 0.15) is 44.7 Å². The molecule has 0 bridgehead atoms. The normalized spacial score (nSPS) is 16.1. The Morgan fingerprint density at radius 2 is 1.75 bits per heavy atom. The number of nitrogens with zero attached hydrogens (tertiary/aromatic N) is 2. The van der Waals surface area contributed by atoms with Crippen LogP contribution in [0.3, 0.4) is 0 Å². The predicted molar refractivity (Wildman–Crippen MR) is 117 cm³/mol. The lowest BCUT2D eigenvalue weighted by Crippen LogP contribution is -2.44. The molecule has 0 saturated carbocycles. The Kier molecular flexibility index (Phi) is 7.53. The Labute approximate surface area is 187 Å². The number of carbonyl (C=O) groups is 1. The second-order valence-corrected chi connectivity index (χ2v) is 15.7. The van der Waals surface area contributed by atoms with E-state index >= 15 is 0 Å². The fourth-order valence-corrected chi connectivity index (χ4v) is 4.99. The first kappa shape index (κ1) is 26.0. The van der Waals surface area contributed by atoms with Crippen molar-refractivity contribution in [1.82, 2.24) is 4.90 Å². The van der Waals surface area contributed by atoms with Crippen LogP contribution in [0, 0.1) is 10.1 Å². The van der Waals surface area contributed by atoms with E-state index in [1.54, 1.807) is 20.8 Å². The van der Waals surface area contributed by atoms with Crippen LogP contribution in [0.4, 0.5) is 23.7 Å². The Hall–Kier alpha value is -2.30. The number of nitro benzene ring substituents is 1. The molecule has 7 nitrogen and oxygen atoms in total. The minimum atomic E-state index is -4.80. The number of nitro groups is 1. The van der Waals surface area contributed by atoms with E-state index in [1.165, 1.54) is 4.90 Å². The molecule has 0 N–H and O–H groups in total. The summed E-state index contributed by atoms with van der Waals surface area (Å²) in [5.74, 6) is -0.396. The van der Waals surface area contributed by atoms with Crippen molar-refractivity contribution < 1.29 is 32.4 Å². The summed E-state index contributed by atoms with van der Waals surface area (Å²) < 4.78 is 53.2. The van der Waals surface area contributed by atoms with Gasteiger partial charge in [-0.2, -0.15) is 13.2 Å². The number of likely N-dealkylation sites (tertiary alicyclic amines) is 1. The minimum absolute atomic E-state index is 0.00639. The molecule has 1 aliphatic rings. The lowest BCUT2D eigenvalue weighted by atomic mass is 10.0. The van der Waals surface area contributed by atoms with Gasteiger partial charge in [-0.1, -0.05) is 19.6 Å². The fourth-order valence-electron chi connectivity index (χ4n) is 3.57. The zero-order valence-electron chi connectivity index (χ0n) is 19.3. The van der Waals surface area contributed by atoms with E-state index in [0.29, 0.717) is 12.8 Å². The summed E-state index contributed by atoms with van der Waals surface area (Å²) in [6, 6.07) is 2.14. The van der Waals surface area contributed by atoms with Gasteiger partial charge in [-0.15, -0.1) is 0 Å². The molecule has 0 unspecified atom stereocenters. The van der Waals surface area contributed by atoms with Gasteiger partial charge in [0.2, 0.25) is 0 Å². The van der Waals surface area contributed by atoms with Crippen LogP contribution in [0.2, 0.25) is 19.6 Å². The van der Waals surface area contributed by atoms with E-state index in [4.69, 9.17) is 9.47 Å². The van der Waals surface area contributed by atoms with Crippen molar-refractivity contribution in [2.45, 2.75) is 77.2 Å². The molecule has 1 aromatic carbocycles. The Morgan fingerprint density at radius 1 is 1.19 bits per heavy atom. The summed E-state index contributed by atoms with van der Waals surface area (Å²) in [7, 11) is -2.12. The molecule has 11 heteroatoms. The number of hydrogen-bond acceptors (Lipinski definition) is 5. The van der Waals surface area contributed by atoms with Gasteiger partial charge >= 0.3 is 12.3 Å². The number of alkyl halides is 3. The summed E-state index contributed by atoms with van der Waals surface area (Å²) in [6.45, 7) is 11.4. The largest absolute Gasteiger partial charge is 0.490 e. The summed E-state index contributed by atoms with van der Waals surface area (Å²) in [6.07, 6.45) is -5.16. The number of benzene rings is 1. The minimum Gasteiger partial charge on any atom is -0.490 e. The maximum absolute atomic E-state index is 14.1. The molecule has 1 fully saturated rings. The van der Waals surface area contributed by atoms with Gasteiger partial charge in [-0.05, 0) is 32.9 Å². The average molecular weight is 477 g/mol. The standard InChI is InChI=1S/C21H31F3N2O5Si/c1-20(2,3)31-19(27)25-11-9-14(10-12-25)30-17-8-7-16(26(28)29)15(13-32(4,5)6)18(17)21(22,23)24/h7-8,14H,9-13H2,1-6H3. The maximum Gasteiger partial charge on any atom is 0.420 e. The molecule has 32 heavy (non-hydrogen) atoms. The first-order valence-electron chi connectivity index (χ1n) is 10.5. The molecular formula is C21H31F3N2O5Si. The van der Waals surface area contributed by atoms with Crippen LogP contribution in [-0.4, -0.2) is 48.8 Å². The molecule has 1 aliphatic heterocycles. The number of amides is 1. The lowest BCUT2D eigenvalue weighted by molar-refractivity contribution is -0.385. The van der Waals surface area contributed by atoms with Crippen molar-refractivity contribution in [3.63, 3.8) is 0 Å². The first-order valence-corrected chi connectivity index (χ1v) is 14.2. The quantitative estimate of drug-likeness (QED) is 0.304. The van der Waals surface area contributed by atoms with Crippen molar-refractivity contribution in [2.75, 3.05) is 13.1 Å². The third kappa shape index (κ3) is 7.11. The summed E-state index contributed by atoms with van der Waals surface area (Å²) in [4.78, 5) is 24.4. The number of hydrogen-bond donors (Lipinski definition) is 0. The van der Waals surface area contributed by atoms with Gasteiger partial charge in [0.25, 0.3) is 5.69 Å². The van der Waals surface area contributed by atoms with Crippen molar-refractivity contribution in [1.29, 1.82) is 0 Å². The fraction of sp³-hybridized carbons (Fsp3) is 0.667. The first-order chi connectivity index (χ1) is 14.5. The van der Waals surface area contributed by atoms with Crippen molar-refractivity contribution in [2.24, 2.45) is 0 Å². The molecule has 0 radical (unpaired) electrons. The van der Waals surface area contributed by atoms with Gasteiger partial charge in [-0.3, -0.25) is 10.1 Å². The van der Waals surface area contributed by atoms with E-state index in [-0.39, 0.29) is 24.7 Å². The van der Waals surface area contributed by atoms with Crippen LogP contribution < -0.4 is 4.74 Å². The average Bonchev–Trinajstić information content (AvgIpc) is 2.58. The molecule has 0 spiro atoms. The number of rotatable bonds is 5. The topological polar surface area (TPSA) is 81.9 Å². The van der Waals surface area contributed by atoms with Gasteiger partial charge in [0, 0.05) is 45.6 Å². The maximum atomic E-state index is 14.1. The van der Waals surface area contributed by atoms with E-state index in [2.05, 4.69) is 0 Å². The number of ether oxygens (including phenoxy) is 2. The van der Waals surface area contributed by atoms with Gasteiger partial charge in [-0.25, -0.2) is 4.79 Å².